The maximum absolute atomic E-state index is 13.2. The Morgan fingerprint density at radius 3 is 2.92 bits per heavy atom. The molecule has 0 unspecified atom stereocenters. The van der Waals surface area contributed by atoms with Crippen LogP contribution >= 0.6 is 0 Å². The van der Waals surface area contributed by atoms with Crippen LogP contribution in [0.2, 0.25) is 0 Å². The fourth-order valence-electron chi connectivity index (χ4n) is 1.22. The lowest BCUT2D eigenvalue weighted by molar-refractivity contribution is 0.577. The summed E-state index contributed by atoms with van der Waals surface area (Å²) in [6.45, 7) is 1.77. The Hall–Kier alpha value is -1.51. The molecule has 2 aromatic rings. The van der Waals surface area contributed by atoms with Crippen molar-refractivity contribution in [2.45, 2.75) is 6.92 Å². The van der Waals surface area contributed by atoms with Gasteiger partial charge in [-0.05, 0) is 25.1 Å². The molecule has 2 rings (SSSR count). The molecule has 12 heavy (non-hydrogen) atoms. The largest absolute Gasteiger partial charge is 0.461 e. The van der Waals surface area contributed by atoms with E-state index in [-0.39, 0.29) is 5.69 Å². The highest BCUT2D eigenvalue weighted by atomic mass is 19.1. The van der Waals surface area contributed by atoms with E-state index >= 15 is 0 Å². The molecule has 0 aliphatic heterocycles. The Balaban J connectivity index is 2.89. The molecule has 2 nitrogen and oxygen atoms in total. The van der Waals surface area contributed by atoms with Gasteiger partial charge in [0.25, 0.3) is 0 Å². The molecule has 1 heterocycles. The molecule has 1 aromatic heterocycles. The second kappa shape index (κ2) is 2.24. The van der Waals surface area contributed by atoms with Crippen molar-refractivity contribution in [2.75, 3.05) is 5.73 Å². The van der Waals surface area contributed by atoms with Crippen LogP contribution < -0.4 is 5.73 Å². The third-order valence-electron chi connectivity index (χ3n) is 1.79. The fourth-order valence-corrected chi connectivity index (χ4v) is 1.22. The SMILES string of the molecule is Cc1cc2c(F)c(N)ccc2o1. The van der Waals surface area contributed by atoms with Crippen LogP contribution in [-0.2, 0) is 0 Å². The molecule has 0 saturated heterocycles. The van der Waals surface area contributed by atoms with Crippen molar-refractivity contribution in [2.24, 2.45) is 0 Å². The smallest absolute Gasteiger partial charge is 0.157 e. The summed E-state index contributed by atoms with van der Waals surface area (Å²) in [7, 11) is 0. The van der Waals surface area contributed by atoms with Gasteiger partial charge in [0.05, 0.1) is 11.1 Å². The Morgan fingerprint density at radius 1 is 1.42 bits per heavy atom. The van der Waals surface area contributed by atoms with E-state index in [1.807, 2.05) is 0 Å². The van der Waals surface area contributed by atoms with E-state index in [0.29, 0.717) is 16.7 Å². The van der Waals surface area contributed by atoms with Gasteiger partial charge in [-0.15, -0.1) is 0 Å². The summed E-state index contributed by atoms with van der Waals surface area (Å²) in [4.78, 5) is 0. The van der Waals surface area contributed by atoms with E-state index in [1.165, 1.54) is 6.07 Å². The van der Waals surface area contributed by atoms with Gasteiger partial charge in [-0.3, -0.25) is 0 Å². The number of hydrogen-bond donors (Lipinski definition) is 1. The van der Waals surface area contributed by atoms with Gasteiger partial charge in [0.2, 0.25) is 0 Å². The van der Waals surface area contributed by atoms with Gasteiger partial charge in [0.15, 0.2) is 5.82 Å². The lowest BCUT2D eigenvalue weighted by Crippen LogP contribution is -1.88. The zero-order valence-corrected chi connectivity index (χ0v) is 6.60. The Morgan fingerprint density at radius 2 is 2.17 bits per heavy atom. The number of halogens is 1. The van der Waals surface area contributed by atoms with E-state index in [9.17, 15) is 4.39 Å². The average molecular weight is 165 g/mol. The molecule has 0 bridgehead atoms. The normalized spacial score (nSPS) is 10.8. The predicted octanol–water partition coefficient (Wildman–Crippen LogP) is 2.46. The monoisotopic (exact) mass is 165 g/mol. The van der Waals surface area contributed by atoms with E-state index in [1.54, 1.807) is 19.1 Å². The molecule has 62 valence electrons. The van der Waals surface area contributed by atoms with Crippen LogP contribution in [0.3, 0.4) is 0 Å². The molecular formula is C9H8FNO. The highest BCUT2D eigenvalue weighted by molar-refractivity contribution is 5.82. The zero-order valence-electron chi connectivity index (χ0n) is 6.60. The molecule has 2 N–H and O–H groups in total. The van der Waals surface area contributed by atoms with Gasteiger partial charge in [-0.2, -0.15) is 0 Å². The number of fused-ring (bicyclic) bond motifs is 1. The van der Waals surface area contributed by atoms with E-state index in [2.05, 4.69) is 0 Å². The van der Waals surface area contributed by atoms with Crippen LogP contribution in [0, 0.1) is 12.7 Å². The Kier molecular flexibility index (Phi) is 1.33. The van der Waals surface area contributed by atoms with Crippen molar-refractivity contribution in [3.63, 3.8) is 0 Å². The van der Waals surface area contributed by atoms with Gasteiger partial charge < -0.3 is 10.2 Å². The van der Waals surface area contributed by atoms with Crippen LogP contribution in [0.1, 0.15) is 5.76 Å². The van der Waals surface area contributed by atoms with Crippen molar-refractivity contribution in [1.82, 2.24) is 0 Å². The topological polar surface area (TPSA) is 39.2 Å². The first-order valence-electron chi connectivity index (χ1n) is 3.62. The minimum absolute atomic E-state index is 0.156. The van der Waals surface area contributed by atoms with Crippen LogP contribution in [-0.4, -0.2) is 0 Å². The summed E-state index contributed by atoms with van der Waals surface area (Å²) < 4.78 is 18.4. The Labute approximate surface area is 68.8 Å². The van der Waals surface area contributed by atoms with Gasteiger partial charge in [-0.25, -0.2) is 4.39 Å². The molecule has 0 aliphatic rings. The van der Waals surface area contributed by atoms with Crippen molar-refractivity contribution >= 4 is 16.7 Å². The van der Waals surface area contributed by atoms with Crippen LogP contribution in [0.4, 0.5) is 10.1 Å². The number of aryl methyl sites for hydroxylation is 1. The van der Waals surface area contributed by atoms with Gasteiger partial charge in [0, 0.05) is 0 Å². The molecule has 0 aliphatic carbocycles. The van der Waals surface area contributed by atoms with Gasteiger partial charge in [0.1, 0.15) is 11.3 Å². The number of furan rings is 1. The number of rotatable bonds is 0. The number of anilines is 1. The van der Waals surface area contributed by atoms with E-state index in [0.717, 1.165) is 0 Å². The first kappa shape index (κ1) is 7.16. The maximum Gasteiger partial charge on any atom is 0.157 e. The molecule has 0 radical (unpaired) electrons. The molecule has 0 spiro atoms. The summed E-state index contributed by atoms with van der Waals surface area (Å²) >= 11 is 0. The van der Waals surface area contributed by atoms with Crippen LogP contribution in [0.5, 0.6) is 0 Å². The lowest BCUT2D eigenvalue weighted by Gasteiger charge is -1.94. The third-order valence-corrected chi connectivity index (χ3v) is 1.79. The average Bonchev–Trinajstić information content (AvgIpc) is 2.39. The number of benzene rings is 1. The molecule has 3 heteroatoms. The summed E-state index contributed by atoms with van der Waals surface area (Å²) in [6, 6.07) is 4.81. The standard InChI is InChI=1S/C9H8FNO/c1-5-4-6-8(12-5)3-2-7(11)9(6)10/h2-4H,11H2,1H3. The minimum Gasteiger partial charge on any atom is -0.461 e. The first-order chi connectivity index (χ1) is 5.68. The van der Waals surface area contributed by atoms with Crippen molar-refractivity contribution in [3.05, 3.63) is 29.8 Å². The maximum atomic E-state index is 13.2. The highest BCUT2D eigenvalue weighted by Crippen LogP contribution is 2.25. The number of hydrogen-bond acceptors (Lipinski definition) is 2. The molecule has 0 fully saturated rings. The van der Waals surface area contributed by atoms with Crippen molar-refractivity contribution < 1.29 is 8.81 Å². The zero-order chi connectivity index (χ0) is 8.72. The molecule has 0 atom stereocenters. The summed E-state index contributed by atoms with van der Waals surface area (Å²) in [6.07, 6.45) is 0. The molecule has 1 aromatic carbocycles. The Bertz CT molecular complexity index is 433. The quantitative estimate of drug-likeness (QED) is 0.609. The van der Waals surface area contributed by atoms with Crippen molar-refractivity contribution in [3.8, 4) is 0 Å². The number of nitrogen functional groups attached to an aromatic ring is 1. The molecular weight excluding hydrogens is 157 g/mol. The second-order valence-electron chi connectivity index (χ2n) is 2.74. The van der Waals surface area contributed by atoms with Gasteiger partial charge in [-0.1, -0.05) is 0 Å². The predicted molar refractivity (Wildman–Crippen MR) is 45.3 cm³/mol. The molecule has 0 saturated carbocycles. The van der Waals surface area contributed by atoms with Crippen LogP contribution in [0.25, 0.3) is 11.0 Å². The summed E-state index contributed by atoms with van der Waals surface area (Å²) in [5, 5.41) is 0.451. The lowest BCUT2D eigenvalue weighted by atomic mass is 10.2. The second-order valence-corrected chi connectivity index (χ2v) is 2.74. The first-order valence-corrected chi connectivity index (χ1v) is 3.62. The highest BCUT2D eigenvalue weighted by Gasteiger charge is 2.07. The van der Waals surface area contributed by atoms with Crippen molar-refractivity contribution in [1.29, 1.82) is 0 Å². The van der Waals surface area contributed by atoms with E-state index < -0.39 is 5.82 Å². The molecule has 0 amide bonds. The summed E-state index contributed by atoms with van der Waals surface area (Å²) in [5.74, 6) is 0.291. The number of nitrogens with two attached hydrogens (primary N) is 1. The van der Waals surface area contributed by atoms with E-state index in [4.69, 9.17) is 10.2 Å². The third kappa shape index (κ3) is 0.863. The summed E-state index contributed by atoms with van der Waals surface area (Å²) in [5.41, 5.74) is 6.08. The van der Waals surface area contributed by atoms with Crippen LogP contribution in [0.15, 0.2) is 22.6 Å². The fraction of sp³-hybridized carbons (Fsp3) is 0.111. The minimum atomic E-state index is -0.399. The van der Waals surface area contributed by atoms with Gasteiger partial charge >= 0.3 is 0 Å².